The van der Waals surface area contributed by atoms with Crippen molar-refractivity contribution in [1.82, 2.24) is 0 Å². The Bertz CT molecular complexity index is 631. The normalized spacial score (nSPS) is 18.3. The lowest BCUT2D eigenvalue weighted by atomic mass is 10.1. The van der Waals surface area contributed by atoms with Crippen molar-refractivity contribution >= 4 is 5.69 Å². The maximum Gasteiger partial charge on any atom is 0.172 e. The monoisotopic (exact) mass is 324 g/mol. The van der Waals surface area contributed by atoms with Gasteiger partial charge in [-0.05, 0) is 63.9 Å². The molecule has 1 saturated heterocycles. The third-order valence-electron chi connectivity index (χ3n) is 3.97. The zero-order valence-corrected chi connectivity index (χ0v) is 14.8. The molecule has 3 heteroatoms. The van der Waals surface area contributed by atoms with E-state index in [1.54, 1.807) is 0 Å². The number of rotatable bonds is 4. The van der Waals surface area contributed by atoms with E-state index in [-0.39, 0.29) is 11.8 Å². The Balaban J connectivity index is 1.69. The quantitative estimate of drug-likeness (QED) is 0.784. The average molecular weight is 324 g/mol. The molecule has 0 aliphatic carbocycles. The number of nitrogens with zero attached hydrogens (tertiary/aromatic N) is 1. The molecule has 2 aromatic rings. The Morgan fingerprint density at radius 1 is 1.00 bits per heavy atom. The molecular formula is C21H26NO2. The highest BCUT2D eigenvalue weighted by atomic mass is 16.5. The molecule has 127 valence electrons. The van der Waals surface area contributed by atoms with Crippen molar-refractivity contribution in [1.29, 1.82) is 0 Å². The highest BCUT2D eigenvalue weighted by Crippen LogP contribution is 2.28. The summed E-state index contributed by atoms with van der Waals surface area (Å²) in [5.74, 6) is 1.75. The van der Waals surface area contributed by atoms with Gasteiger partial charge in [-0.15, -0.1) is 0 Å². The van der Waals surface area contributed by atoms with Crippen LogP contribution in [0.1, 0.15) is 40.0 Å². The summed E-state index contributed by atoms with van der Waals surface area (Å²) in [6.45, 7) is 7.16. The summed E-state index contributed by atoms with van der Waals surface area (Å²) in [6, 6.07) is 19.3. The Morgan fingerprint density at radius 2 is 1.75 bits per heavy atom. The largest absolute Gasteiger partial charge is 0.488 e. The average Bonchev–Trinajstić information content (AvgIpc) is 2.57. The van der Waals surface area contributed by atoms with E-state index in [2.05, 4.69) is 23.1 Å². The number of anilines is 1. The molecule has 3 nitrogen and oxygen atoms in total. The molecule has 0 N–H and O–H groups in total. The molecule has 3 rings (SSSR count). The van der Waals surface area contributed by atoms with Gasteiger partial charge >= 0.3 is 0 Å². The van der Waals surface area contributed by atoms with Gasteiger partial charge in [0.15, 0.2) is 6.23 Å². The van der Waals surface area contributed by atoms with E-state index in [1.807, 2.05) is 57.2 Å². The summed E-state index contributed by atoms with van der Waals surface area (Å²) in [5.41, 5.74) is 0.918. The Kier molecular flexibility index (Phi) is 4.98. The molecule has 24 heavy (non-hydrogen) atoms. The Morgan fingerprint density at radius 3 is 2.42 bits per heavy atom. The van der Waals surface area contributed by atoms with Crippen molar-refractivity contribution in [2.24, 2.45) is 0 Å². The first-order valence-corrected chi connectivity index (χ1v) is 8.70. The number of para-hydroxylation sites is 1. The lowest BCUT2D eigenvalue weighted by Crippen LogP contribution is -2.43. The molecule has 1 heterocycles. The van der Waals surface area contributed by atoms with Crippen LogP contribution in [0.2, 0.25) is 0 Å². The predicted octanol–water partition coefficient (Wildman–Crippen LogP) is 5.06. The molecular weight excluding hydrogens is 298 g/mol. The molecule has 0 spiro atoms. The molecule has 1 unspecified atom stereocenters. The first-order valence-electron chi connectivity index (χ1n) is 8.70. The second kappa shape index (κ2) is 7.16. The minimum atomic E-state index is -0.189. The van der Waals surface area contributed by atoms with E-state index in [0.717, 1.165) is 30.2 Å². The van der Waals surface area contributed by atoms with E-state index in [4.69, 9.17) is 9.47 Å². The fourth-order valence-electron chi connectivity index (χ4n) is 2.96. The number of hydrogen-bond donors (Lipinski definition) is 0. The van der Waals surface area contributed by atoms with Gasteiger partial charge in [-0.25, -0.2) is 0 Å². The molecule has 1 aliphatic heterocycles. The van der Waals surface area contributed by atoms with Crippen LogP contribution in [0.4, 0.5) is 5.69 Å². The summed E-state index contributed by atoms with van der Waals surface area (Å²) >= 11 is 0. The Hall–Kier alpha value is -2.16. The fourth-order valence-corrected chi connectivity index (χ4v) is 2.96. The van der Waals surface area contributed by atoms with Crippen LogP contribution in [0.25, 0.3) is 0 Å². The Labute approximate surface area is 145 Å². The first-order chi connectivity index (χ1) is 11.5. The fraction of sp³-hybridized carbons (Fsp3) is 0.429. The van der Waals surface area contributed by atoms with Crippen LogP contribution in [0.3, 0.4) is 0 Å². The second-order valence-corrected chi connectivity index (χ2v) is 7.20. The third-order valence-corrected chi connectivity index (χ3v) is 3.97. The zero-order chi connectivity index (χ0) is 17.0. The number of ether oxygens (including phenoxy) is 2. The van der Waals surface area contributed by atoms with Gasteiger partial charge in [0.1, 0.15) is 17.1 Å². The topological polar surface area (TPSA) is 21.7 Å². The van der Waals surface area contributed by atoms with E-state index in [1.165, 1.54) is 12.8 Å². The first kappa shape index (κ1) is 16.7. The SMILES string of the molecule is CC(C)(C)Oc1ccc(OC2CCCCN2c2[c]cccc2)cc1. The highest BCUT2D eigenvalue weighted by Gasteiger charge is 2.24. The van der Waals surface area contributed by atoms with Gasteiger partial charge in [-0.2, -0.15) is 0 Å². The summed E-state index contributed by atoms with van der Waals surface area (Å²) < 4.78 is 12.1. The standard InChI is InChI=1S/C21H26NO2/c1-21(2,3)24-19-14-12-18(13-15-19)23-20-11-7-8-16-22(20)17-9-5-4-6-10-17/h4-6,9,12-15,20H,7-8,11,16H2,1-3H3. The molecule has 1 radical (unpaired) electrons. The summed E-state index contributed by atoms with van der Waals surface area (Å²) in [5, 5.41) is 0. The van der Waals surface area contributed by atoms with Crippen molar-refractivity contribution in [2.45, 2.75) is 51.9 Å². The van der Waals surface area contributed by atoms with Gasteiger partial charge in [-0.3, -0.25) is 0 Å². The summed E-state index contributed by atoms with van der Waals surface area (Å²) in [7, 11) is 0. The van der Waals surface area contributed by atoms with Crippen molar-refractivity contribution in [3.63, 3.8) is 0 Å². The van der Waals surface area contributed by atoms with Gasteiger partial charge in [0.05, 0.1) is 0 Å². The number of hydrogen-bond acceptors (Lipinski definition) is 3. The van der Waals surface area contributed by atoms with Crippen molar-refractivity contribution in [2.75, 3.05) is 11.4 Å². The van der Waals surface area contributed by atoms with Gasteiger partial charge in [0.2, 0.25) is 0 Å². The van der Waals surface area contributed by atoms with Crippen LogP contribution in [0.15, 0.2) is 48.5 Å². The van der Waals surface area contributed by atoms with Gasteiger partial charge < -0.3 is 14.4 Å². The molecule has 1 atom stereocenters. The van der Waals surface area contributed by atoms with E-state index < -0.39 is 0 Å². The molecule has 1 aliphatic rings. The maximum atomic E-state index is 6.26. The minimum Gasteiger partial charge on any atom is -0.488 e. The summed E-state index contributed by atoms with van der Waals surface area (Å²) in [4.78, 5) is 2.31. The van der Waals surface area contributed by atoms with Crippen LogP contribution in [-0.4, -0.2) is 18.4 Å². The van der Waals surface area contributed by atoms with Crippen LogP contribution >= 0.6 is 0 Å². The number of piperidine rings is 1. The number of benzene rings is 2. The molecule has 1 fully saturated rings. The molecule has 0 bridgehead atoms. The molecule has 0 amide bonds. The lowest BCUT2D eigenvalue weighted by Gasteiger charge is -2.37. The maximum absolute atomic E-state index is 6.26. The van der Waals surface area contributed by atoms with Crippen molar-refractivity contribution < 1.29 is 9.47 Å². The zero-order valence-electron chi connectivity index (χ0n) is 14.8. The van der Waals surface area contributed by atoms with Crippen molar-refractivity contribution in [3.8, 4) is 11.5 Å². The van der Waals surface area contributed by atoms with Crippen LogP contribution < -0.4 is 14.4 Å². The second-order valence-electron chi connectivity index (χ2n) is 7.20. The van der Waals surface area contributed by atoms with Crippen LogP contribution in [-0.2, 0) is 0 Å². The molecule has 0 saturated carbocycles. The summed E-state index contributed by atoms with van der Waals surface area (Å²) in [6.07, 6.45) is 3.48. The van der Waals surface area contributed by atoms with Gasteiger partial charge in [0.25, 0.3) is 0 Å². The molecule has 2 aromatic carbocycles. The van der Waals surface area contributed by atoms with Gasteiger partial charge in [0, 0.05) is 24.7 Å². The van der Waals surface area contributed by atoms with E-state index in [9.17, 15) is 0 Å². The van der Waals surface area contributed by atoms with E-state index >= 15 is 0 Å². The highest BCUT2D eigenvalue weighted by molar-refractivity contribution is 5.46. The smallest absolute Gasteiger partial charge is 0.172 e. The third kappa shape index (κ3) is 4.44. The van der Waals surface area contributed by atoms with Crippen LogP contribution in [0.5, 0.6) is 11.5 Å². The van der Waals surface area contributed by atoms with E-state index in [0.29, 0.717) is 0 Å². The lowest BCUT2D eigenvalue weighted by molar-refractivity contribution is 0.130. The van der Waals surface area contributed by atoms with Crippen molar-refractivity contribution in [3.05, 3.63) is 54.6 Å². The minimum absolute atomic E-state index is 0.0618. The predicted molar refractivity (Wildman–Crippen MR) is 97.7 cm³/mol. The van der Waals surface area contributed by atoms with Crippen LogP contribution in [0, 0.1) is 6.07 Å². The van der Waals surface area contributed by atoms with Gasteiger partial charge in [-0.1, -0.05) is 18.2 Å². The molecule has 0 aromatic heterocycles.